The SMILES string of the molecule is CCn1c(CN2CCCCC2)cc2cccc(F)c21. The van der Waals surface area contributed by atoms with E-state index in [1.54, 1.807) is 12.1 Å². The predicted octanol–water partition coefficient (Wildman–Crippen LogP) is 3.79. The summed E-state index contributed by atoms with van der Waals surface area (Å²) in [7, 11) is 0. The quantitative estimate of drug-likeness (QED) is 0.815. The average molecular weight is 260 g/mol. The van der Waals surface area contributed by atoms with Crippen LogP contribution in [0, 0.1) is 5.82 Å². The minimum atomic E-state index is -0.107. The van der Waals surface area contributed by atoms with E-state index in [9.17, 15) is 4.39 Å². The first-order chi connectivity index (χ1) is 9.29. The molecule has 0 atom stereocenters. The predicted molar refractivity (Wildman–Crippen MR) is 76.7 cm³/mol. The third-order valence-corrected chi connectivity index (χ3v) is 4.11. The molecule has 3 rings (SSSR count). The molecule has 3 heteroatoms. The fraction of sp³-hybridized carbons (Fsp3) is 0.500. The lowest BCUT2D eigenvalue weighted by Crippen LogP contribution is -2.30. The van der Waals surface area contributed by atoms with Crippen LogP contribution in [0.4, 0.5) is 4.39 Å². The Morgan fingerprint density at radius 2 is 1.95 bits per heavy atom. The van der Waals surface area contributed by atoms with Gasteiger partial charge in [-0.15, -0.1) is 0 Å². The molecule has 0 N–H and O–H groups in total. The maximum absolute atomic E-state index is 14.0. The topological polar surface area (TPSA) is 8.17 Å². The third kappa shape index (κ3) is 2.39. The Bertz CT molecular complexity index is 567. The second kappa shape index (κ2) is 5.33. The molecule has 0 bridgehead atoms. The number of aryl methyl sites for hydroxylation is 1. The number of piperidine rings is 1. The van der Waals surface area contributed by atoms with Gasteiger partial charge in [-0.25, -0.2) is 4.39 Å². The molecule has 102 valence electrons. The lowest BCUT2D eigenvalue weighted by Gasteiger charge is -2.26. The van der Waals surface area contributed by atoms with Crippen LogP contribution in [0.1, 0.15) is 31.9 Å². The van der Waals surface area contributed by atoms with Crippen LogP contribution in [0.15, 0.2) is 24.3 Å². The van der Waals surface area contributed by atoms with Crippen molar-refractivity contribution in [1.82, 2.24) is 9.47 Å². The first-order valence-corrected chi connectivity index (χ1v) is 7.28. The van der Waals surface area contributed by atoms with Gasteiger partial charge in [0.1, 0.15) is 5.82 Å². The molecule has 2 aromatic rings. The molecule has 1 aromatic heterocycles. The summed E-state index contributed by atoms with van der Waals surface area (Å²) in [6, 6.07) is 7.50. The Morgan fingerprint density at radius 1 is 1.16 bits per heavy atom. The zero-order valence-electron chi connectivity index (χ0n) is 11.5. The van der Waals surface area contributed by atoms with Crippen LogP contribution in [0.25, 0.3) is 10.9 Å². The molecule has 2 nitrogen and oxygen atoms in total. The highest BCUT2D eigenvalue weighted by Crippen LogP contribution is 2.24. The fourth-order valence-corrected chi connectivity index (χ4v) is 3.17. The summed E-state index contributed by atoms with van der Waals surface area (Å²) in [5, 5.41) is 1.02. The smallest absolute Gasteiger partial charge is 0.147 e. The molecule has 0 amide bonds. The molecule has 1 aliphatic heterocycles. The van der Waals surface area contributed by atoms with Crippen molar-refractivity contribution in [3.05, 3.63) is 35.8 Å². The Morgan fingerprint density at radius 3 is 2.68 bits per heavy atom. The average Bonchev–Trinajstić information content (AvgIpc) is 2.78. The number of hydrogen-bond acceptors (Lipinski definition) is 1. The van der Waals surface area contributed by atoms with Gasteiger partial charge in [0.2, 0.25) is 0 Å². The lowest BCUT2D eigenvalue weighted by molar-refractivity contribution is 0.216. The molecular formula is C16H21FN2. The zero-order valence-corrected chi connectivity index (χ0v) is 11.5. The maximum atomic E-state index is 14.0. The first-order valence-electron chi connectivity index (χ1n) is 7.28. The number of rotatable bonds is 3. The van der Waals surface area contributed by atoms with Gasteiger partial charge in [-0.3, -0.25) is 4.90 Å². The third-order valence-electron chi connectivity index (χ3n) is 4.11. The summed E-state index contributed by atoms with van der Waals surface area (Å²) in [6.45, 7) is 6.21. The van der Waals surface area contributed by atoms with E-state index < -0.39 is 0 Å². The monoisotopic (exact) mass is 260 g/mol. The van der Waals surface area contributed by atoms with Crippen molar-refractivity contribution in [2.24, 2.45) is 0 Å². The van der Waals surface area contributed by atoms with E-state index in [1.807, 2.05) is 6.07 Å². The number of likely N-dealkylation sites (tertiary alicyclic amines) is 1. The highest BCUT2D eigenvalue weighted by Gasteiger charge is 2.15. The molecule has 0 aliphatic carbocycles. The van der Waals surface area contributed by atoms with Crippen LogP contribution in [-0.4, -0.2) is 22.6 Å². The molecule has 0 saturated carbocycles. The molecule has 1 aromatic carbocycles. The molecule has 19 heavy (non-hydrogen) atoms. The number of aromatic nitrogens is 1. The summed E-state index contributed by atoms with van der Waals surface area (Å²) < 4.78 is 16.1. The number of para-hydroxylation sites is 1. The van der Waals surface area contributed by atoms with Gasteiger partial charge >= 0.3 is 0 Å². The molecule has 1 fully saturated rings. The van der Waals surface area contributed by atoms with Gasteiger partial charge in [-0.05, 0) is 45.0 Å². The Labute approximate surface area is 113 Å². The second-order valence-corrected chi connectivity index (χ2v) is 5.39. The van der Waals surface area contributed by atoms with Gasteiger partial charge in [-0.1, -0.05) is 18.6 Å². The van der Waals surface area contributed by atoms with E-state index in [-0.39, 0.29) is 5.82 Å². The van der Waals surface area contributed by atoms with Crippen LogP contribution >= 0.6 is 0 Å². The molecule has 2 heterocycles. The Hall–Kier alpha value is -1.35. The molecule has 0 spiro atoms. The summed E-state index contributed by atoms with van der Waals surface area (Å²) in [5.41, 5.74) is 2.00. The molecular weight excluding hydrogens is 239 g/mol. The molecule has 0 unspecified atom stereocenters. The standard InChI is InChI=1S/C16H21FN2/c1-2-19-14(12-18-9-4-3-5-10-18)11-13-7-6-8-15(17)16(13)19/h6-8,11H,2-5,9-10,12H2,1H3. The van der Waals surface area contributed by atoms with Gasteiger partial charge in [-0.2, -0.15) is 0 Å². The number of fused-ring (bicyclic) bond motifs is 1. The van der Waals surface area contributed by atoms with Crippen molar-refractivity contribution >= 4 is 10.9 Å². The first kappa shape index (κ1) is 12.7. The van der Waals surface area contributed by atoms with Crippen molar-refractivity contribution in [1.29, 1.82) is 0 Å². The summed E-state index contributed by atoms with van der Waals surface area (Å²) >= 11 is 0. The highest BCUT2D eigenvalue weighted by atomic mass is 19.1. The van der Waals surface area contributed by atoms with E-state index in [4.69, 9.17) is 0 Å². The normalized spacial score (nSPS) is 17.2. The van der Waals surface area contributed by atoms with Gasteiger partial charge in [0.15, 0.2) is 0 Å². The van der Waals surface area contributed by atoms with Crippen molar-refractivity contribution in [3.63, 3.8) is 0 Å². The summed E-state index contributed by atoms with van der Waals surface area (Å²) in [5.74, 6) is -0.107. The second-order valence-electron chi connectivity index (χ2n) is 5.39. The van der Waals surface area contributed by atoms with Gasteiger partial charge in [0, 0.05) is 24.2 Å². The number of nitrogens with zero attached hydrogens (tertiary/aromatic N) is 2. The molecule has 1 aliphatic rings. The van der Waals surface area contributed by atoms with E-state index in [2.05, 4.69) is 22.5 Å². The number of hydrogen-bond donors (Lipinski definition) is 0. The van der Waals surface area contributed by atoms with E-state index in [0.29, 0.717) is 0 Å². The Kier molecular flexibility index (Phi) is 3.56. The van der Waals surface area contributed by atoms with Crippen molar-refractivity contribution in [2.45, 2.75) is 39.3 Å². The van der Waals surface area contributed by atoms with E-state index in [1.165, 1.54) is 38.0 Å². The van der Waals surface area contributed by atoms with Crippen LogP contribution in [0.5, 0.6) is 0 Å². The van der Waals surface area contributed by atoms with Crippen molar-refractivity contribution < 1.29 is 4.39 Å². The van der Waals surface area contributed by atoms with Crippen LogP contribution in [-0.2, 0) is 13.1 Å². The van der Waals surface area contributed by atoms with E-state index >= 15 is 0 Å². The van der Waals surface area contributed by atoms with Crippen LogP contribution in [0.3, 0.4) is 0 Å². The van der Waals surface area contributed by atoms with Gasteiger partial charge in [0.05, 0.1) is 5.52 Å². The maximum Gasteiger partial charge on any atom is 0.147 e. The lowest BCUT2D eigenvalue weighted by atomic mass is 10.1. The van der Waals surface area contributed by atoms with Crippen LogP contribution in [0.2, 0.25) is 0 Å². The molecule has 0 radical (unpaired) electrons. The Balaban J connectivity index is 1.96. The minimum Gasteiger partial charge on any atom is -0.341 e. The van der Waals surface area contributed by atoms with Crippen LogP contribution < -0.4 is 0 Å². The highest BCUT2D eigenvalue weighted by molar-refractivity contribution is 5.81. The minimum absolute atomic E-state index is 0.107. The van der Waals surface area contributed by atoms with Gasteiger partial charge < -0.3 is 4.57 Å². The summed E-state index contributed by atoms with van der Waals surface area (Å²) in [4.78, 5) is 2.49. The zero-order chi connectivity index (χ0) is 13.2. The molecule has 1 saturated heterocycles. The van der Waals surface area contributed by atoms with Gasteiger partial charge in [0.25, 0.3) is 0 Å². The van der Waals surface area contributed by atoms with Crippen molar-refractivity contribution in [3.8, 4) is 0 Å². The number of halogens is 1. The van der Waals surface area contributed by atoms with E-state index in [0.717, 1.165) is 24.0 Å². The fourth-order valence-electron chi connectivity index (χ4n) is 3.17. The number of benzene rings is 1. The summed E-state index contributed by atoms with van der Waals surface area (Å²) in [6.07, 6.45) is 3.93. The van der Waals surface area contributed by atoms with Crippen molar-refractivity contribution in [2.75, 3.05) is 13.1 Å². The largest absolute Gasteiger partial charge is 0.341 e.